The predicted octanol–water partition coefficient (Wildman–Crippen LogP) is 2.59. The number of carbonyl (C=O) groups is 1. The Hall–Kier alpha value is -1.58. The fraction of sp³-hybridized carbons (Fsp3) is 0.571. The normalized spacial score (nSPS) is 20.8. The van der Waals surface area contributed by atoms with E-state index in [0.29, 0.717) is 6.04 Å². The summed E-state index contributed by atoms with van der Waals surface area (Å²) in [4.78, 5) is 17.2. The summed E-state index contributed by atoms with van der Waals surface area (Å²) < 4.78 is 0. The number of likely N-dealkylation sites (tertiary alicyclic amines) is 1. The number of amides is 1. The van der Waals surface area contributed by atoms with Gasteiger partial charge in [-0.2, -0.15) is 0 Å². The van der Waals surface area contributed by atoms with Crippen molar-refractivity contribution in [1.29, 1.82) is 0 Å². The summed E-state index contributed by atoms with van der Waals surface area (Å²) in [5.41, 5.74) is 1.13. The van der Waals surface area contributed by atoms with Gasteiger partial charge in [0.2, 0.25) is 6.41 Å². The Morgan fingerprint density at radius 3 is 3.06 bits per heavy atom. The van der Waals surface area contributed by atoms with Gasteiger partial charge in [0.15, 0.2) is 0 Å². The van der Waals surface area contributed by atoms with Crippen molar-refractivity contribution in [3.05, 3.63) is 23.9 Å². The maximum absolute atomic E-state index is 10.9. The van der Waals surface area contributed by atoms with Gasteiger partial charge < -0.3 is 10.2 Å². The van der Waals surface area contributed by atoms with E-state index in [1.165, 1.54) is 0 Å². The highest BCUT2D eigenvalue weighted by molar-refractivity contribution is 5.50. The van der Waals surface area contributed by atoms with E-state index in [1.807, 2.05) is 17.2 Å². The van der Waals surface area contributed by atoms with E-state index in [1.54, 1.807) is 0 Å². The standard InChI is InChI=1S/C14H21N3O/c1-3-11(2)16-14-7-6-12(9-15-14)13-5-4-8-17(13)10-18/h6-7,9-11,13H,3-5,8H2,1-2H3,(H,15,16). The summed E-state index contributed by atoms with van der Waals surface area (Å²) in [6, 6.07) is 4.72. The summed E-state index contributed by atoms with van der Waals surface area (Å²) >= 11 is 0. The Kier molecular flexibility index (Phi) is 4.18. The highest BCUT2D eigenvalue weighted by atomic mass is 16.1. The van der Waals surface area contributed by atoms with Gasteiger partial charge in [0.1, 0.15) is 5.82 Å². The van der Waals surface area contributed by atoms with Crippen molar-refractivity contribution in [1.82, 2.24) is 9.88 Å². The summed E-state index contributed by atoms with van der Waals surface area (Å²) in [6.07, 6.45) is 6.03. The van der Waals surface area contributed by atoms with Crippen LogP contribution in [0.1, 0.15) is 44.7 Å². The fourth-order valence-corrected chi connectivity index (χ4v) is 2.32. The molecule has 1 saturated heterocycles. The van der Waals surface area contributed by atoms with Crippen LogP contribution in [-0.4, -0.2) is 28.9 Å². The molecule has 2 rings (SSSR count). The Bertz CT molecular complexity index is 391. The number of hydrogen-bond donors (Lipinski definition) is 1. The first kappa shape index (κ1) is 12.9. The van der Waals surface area contributed by atoms with E-state index in [9.17, 15) is 4.79 Å². The van der Waals surface area contributed by atoms with E-state index in [4.69, 9.17) is 0 Å². The number of hydrogen-bond acceptors (Lipinski definition) is 3. The number of carbonyl (C=O) groups excluding carboxylic acids is 1. The van der Waals surface area contributed by atoms with Gasteiger partial charge in [-0.05, 0) is 37.8 Å². The Morgan fingerprint density at radius 2 is 2.44 bits per heavy atom. The van der Waals surface area contributed by atoms with Crippen molar-refractivity contribution in [2.45, 2.75) is 45.2 Å². The molecular formula is C14H21N3O. The predicted molar refractivity (Wildman–Crippen MR) is 72.4 cm³/mol. The molecule has 1 fully saturated rings. The molecule has 0 aliphatic carbocycles. The average molecular weight is 247 g/mol. The lowest BCUT2D eigenvalue weighted by molar-refractivity contribution is -0.118. The zero-order valence-electron chi connectivity index (χ0n) is 11.1. The van der Waals surface area contributed by atoms with Crippen molar-refractivity contribution in [3.8, 4) is 0 Å². The van der Waals surface area contributed by atoms with Crippen molar-refractivity contribution in [2.75, 3.05) is 11.9 Å². The second kappa shape index (κ2) is 5.85. The van der Waals surface area contributed by atoms with Gasteiger partial charge in [0, 0.05) is 18.8 Å². The highest BCUT2D eigenvalue weighted by Gasteiger charge is 2.24. The number of nitrogens with zero attached hydrogens (tertiary/aromatic N) is 2. The van der Waals surface area contributed by atoms with E-state index in [-0.39, 0.29) is 6.04 Å². The molecule has 2 unspecified atom stereocenters. The second-order valence-electron chi connectivity index (χ2n) is 4.93. The lowest BCUT2D eigenvalue weighted by Crippen LogP contribution is -2.21. The SMILES string of the molecule is CCC(C)Nc1ccc(C2CCCN2C=O)cn1. The van der Waals surface area contributed by atoms with Gasteiger partial charge in [-0.3, -0.25) is 4.79 Å². The number of rotatable bonds is 5. The van der Waals surface area contributed by atoms with Gasteiger partial charge in [-0.25, -0.2) is 4.98 Å². The van der Waals surface area contributed by atoms with Crippen LogP contribution in [0.3, 0.4) is 0 Å². The lowest BCUT2D eigenvalue weighted by Gasteiger charge is -2.20. The molecule has 1 aliphatic heterocycles. The number of pyridine rings is 1. The Morgan fingerprint density at radius 1 is 1.61 bits per heavy atom. The molecule has 98 valence electrons. The number of anilines is 1. The van der Waals surface area contributed by atoms with Gasteiger partial charge in [-0.1, -0.05) is 13.0 Å². The minimum atomic E-state index is 0.215. The van der Waals surface area contributed by atoms with E-state index < -0.39 is 0 Å². The fourth-order valence-electron chi connectivity index (χ4n) is 2.32. The van der Waals surface area contributed by atoms with Crippen LogP contribution >= 0.6 is 0 Å². The highest BCUT2D eigenvalue weighted by Crippen LogP contribution is 2.30. The summed E-state index contributed by atoms with van der Waals surface area (Å²) in [5.74, 6) is 0.906. The maximum Gasteiger partial charge on any atom is 0.210 e. The molecule has 2 atom stereocenters. The van der Waals surface area contributed by atoms with Gasteiger partial charge in [0.05, 0.1) is 6.04 Å². The molecule has 0 saturated carbocycles. The van der Waals surface area contributed by atoms with Crippen LogP contribution in [0.5, 0.6) is 0 Å². The third-order valence-electron chi connectivity index (χ3n) is 3.61. The van der Waals surface area contributed by atoms with Crippen molar-refractivity contribution in [3.63, 3.8) is 0 Å². The third-order valence-corrected chi connectivity index (χ3v) is 3.61. The first-order valence-electron chi connectivity index (χ1n) is 6.68. The monoisotopic (exact) mass is 247 g/mol. The molecule has 0 radical (unpaired) electrons. The Balaban J connectivity index is 2.05. The van der Waals surface area contributed by atoms with Crippen LogP contribution < -0.4 is 5.32 Å². The van der Waals surface area contributed by atoms with Crippen LogP contribution in [0.4, 0.5) is 5.82 Å². The second-order valence-corrected chi connectivity index (χ2v) is 4.93. The molecule has 0 spiro atoms. The van der Waals surface area contributed by atoms with Crippen molar-refractivity contribution >= 4 is 12.2 Å². The zero-order valence-corrected chi connectivity index (χ0v) is 11.1. The Labute approximate surface area is 108 Å². The maximum atomic E-state index is 10.9. The molecule has 1 aromatic rings. The molecule has 1 aliphatic rings. The van der Waals surface area contributed by atoms with Crippen LogP contribution in [0, 0.1) is 0 Å². The quantitative estimate of drug-likeness (QED) is 0.813. The summed E-state index contributed by atoms with van der Waals surface area (Å²) in [7, 11) is 0. The summed E-state index contributed by atoms with van der Waals surface area (Å²) in [5, 5.41) is 3.34. The molecule has 1 N–H and O–H groups in total. The van der Waals surface area contributed by atoms with Crippen LogP contribution in [-0.2, 0) is 4.79 Å². The molecule has 4 heteroatoms. The summed E-state index contributed by atoms with van der Waals surface area (Å²) in [6.45, 7) is 5.15. The lowest BCUT2D eigenvalue weighted by atomic mass is 10.1. The van der Waals surface area contributed by atoms with E-state index in [0.717, 1.165) is 43.6 Å². The molecular weight excluding hydrogens is 226 g/mol. The topological polar surface area (TPSA) is 45.2 Å². The minimum Gasteiger partial charge on any atom is -0.368 e. The minimum absolute atomic E-state index is 0.215. The largest absolute Gasteiger partial charge is 0.368 e. The molecule has 0 aromatic carbocycles. The van der Waals surface area contributed by atoms with Crippen molar-refractivity contribution < 1.29 is 4.79 Å². The van der Waals surface area contributed by atoms with Crippen LogP contribution in [0.25, 0.3) is 0 Å². The number of nitrogens with one attached hydrogen (secondary N) is 1. The molecule has 1 amide bonds. The van der Waals surface area contributed by atoms with E-state index >= 15 is 0 Å². The van der Waals surface area contributed by atoms with Gasteiger partial charge in [0.25, 0.3) is 0 Å². The first-order chi connectivity index (χ1) is 8.74. The smallest absolute Gasteiger partial charge is 0.210 e. The zero-order chi connectivity index (χ0) is 13.0. The molecule has 4 nitrogen and oxygen atoms in total. The number of aromatic nitrogens is 1. The average Bonchev–Trinajstić information content (AvgIpc) is 2.87. The molecule has 0 bridgehead atoms. The molecule has 18 heavy (non-hydrogen) atoms. The molecule has 2 heterocycles. The van der Waals surface area contributed by atoms with Crippen LogP contribution in [0.15, 0.2) is 18.3 Å². The molecule has 1 aromatic heterocycles. The van der Waals surface area contributed by atoms with Gasteiger partial charge >= 0.3 is 0 Å². The third kappa shape index (κ3) is 2.81. The van der Waals surface area contributed by atoms with Crippen molar-refractivity contribution in [2.24, 2.45) is 0 Å². The van der Waals surface area contributed by atoms with Crippen LogP contribution in [0.2, 0.25) is 0 Å². The van der Waals surface area contributed by atoms with E-state index in [2.05, 4.69) is 30.2 Å². The first-order valence-corrected chi connectivity index (χ1v) is 6.68. The van der Waals surface area contributed by atoms with Gasteiger partial charge in [-0.15, -0.1) is 0 Å².